The van der Waals surface area contributed by atoms with Crippen molar-refractivity contribution in [2.45, 2.75) is 64.8 Å². The second-order valence-electron chi connectivity index (χ2n) is 9.71. The zero-order valence-electron chi connectivity index (χ0n) is 21.2. The molecule has 0 unspecified atom stereocenters. The number of rotatable bonds is 7. The van der Waals surface area contributed by atoms with Gasteiger partial charge in [-0.3, -0.25) is 9.69 Å². The van der Waals surface area contributed by atoms with Crippen LogP contribution in [-0.4, -0.2) is 28.6 Å². The molecule has 3 aromatic carbocycles. The van der Waals surface area contributed by atoms with Crippen LogP contribution in [0.3, 0.4) is 0 Å². The number of aryl methyl sites for hydroxylation is 1. The number of benzene rings is 3. The van der Waals surface area contributed by atoms with E-state index < -0.39 is 0 Å². The molecular weight excluding hydrogens is 464 g/mol. The Hall–Kier alpha value is -3.05. The summed E-state index contributed by atoms with van der Waals surface area (Å²) in [6.07, 6.45) is 9.84. The number of ether oxygens (including phenoxy) is 1. The van der Waals surface area contributed by atoms with Crippen molar-refractivity contribution in [3.8, 4) is 5.75 Å². The van der Waals surface area contributed by atoms with Crippen LogP contribution in [0.5, 0.6) is 5.75 Å². The van der Waals surface area contributed by atoms with Gasteiger partial charge in [0.25, 0.3) is 5.91 Å². The molecule has 3 aromatic rings. The molecule has 4 nitrogen and oxygen atoms in total. The summed E-state index contributed by atoms with van der Waals surface area (Å²) in [6.45, 7) is 4.95. The molecule has 2 fully saturated rings. The van der Waals surface area contributed by atoms with Gasteiger partial charge in [-0.15, -0.1) is 0 Å². The Kier molecular flexibility index (Phi) is 7.76. The molecule has 0 radical (unpaired) electrons. The van der Waals surface area contributed by atoms with Gasteiger partial charge in [-0.2, -0.15) is 0 Å². The molecule has 36 heavy (non-hydrogen) atoms. The second kappa shape index (κ2) is 11.3. The number of fused-ring (bicyclic) bond motifs is 1. The summed E-state index contributed by atoms with van der Waals surface area (Å²) in [5.74, 6) is 0.974. The van der Waals surface area contributed by atoms with Gasteiger partial charge in [0.1, 0.15) is 5.75 Å². The molecule has 1 amide bonds. The first-order valence-corrected chi connectivity index (χ1v) is 14.0. The first-order valence-electron chi connectivity index (χ1n) is 13.2. The van der Waals surface area contributed by atoms with Crippen LogP contribution in [0.15, 0.2) is 70.6 Å². The van der Waals surface area contributed by atoms with Crippen molar-refractivity contribution in [3.63, 3.8) is 0 Å². The molecule has 1 heterocycles. The molecule has 0 N–H and O–H groups in total. The fourth-order valence-corrected chi connectivity index (χ4v) is 6.02. The molecule has 2 aliphatic rings. The van der Waals surface area contributed by atoms with Crippen molar-refractivity contribution in [2.24, 2.45) is 4.99 Å². The van der Waals surface area contributed by atoms with E-state index in [0.29, 0.717) is 6.61 Å². The number of carbonyl (C=O) groups is 1. The maximum absolute atomic E-state index is 13.8. The molecule has 1 aliphatic heterocycles. The van der Waals surface area contributed by atoms with E-state index in [-0.39, 0.29) is 11.9 Å². The Balaban J connectivity index is 1.51. The van der Waals surface area contributed by atoms with Crippen molar-refractivity contribution in [3.05, 3.63) is 76.7 Å². The van der Waals surface area contributed by atoms with Gasteiger partial charge in [0.2, 0.25) is 0 Å². The van der Waals surface area contributed by atoms with Crippen LogP contribution in [0.25, 0.3) is 16.8 Å². The van der Waals surface area contributed by atoms with Crippen LogP contribution in [0, 0.1) is 6.92 Å². The minimum atomic E-state index is 0.0742. The summed E-state index contributed by atoms with van der Waals surface area (Å²) in [7, 11) is 0. The summed E-state index contributed by atoms with van der Waals surface area (Å²) in [5, 5.41) is 2.97. The number of thioether (sulfide) groups is 1. The van der Waals surface area contributed by atoms with Gasteiger partial charge in [-0.05, 0) is 73.2 Å². The highest BCUT2D eigenvalue weighted by molar-refractivity contribution is 8.18. The molecule has 1 aliphatic carbocycles. The average molecular weight is 499 g/mol. The Morgan fingerprint density at radius 1 is 1.00 bits per heavy atom. The van der Waals surface area contributed by atoms with E-state index in [1.807, 2.05) is 41.3 Å². The quantitative estimate of drug-likeness (QED) is 0.243. The van der Waals surface area contributed by atoms with Gasteiger partial charge in [-0.1, -0.05) is 80.6 Å². The van der Waals surface area contributed by atoms with E-state index in [2.05, 4.69) is 44.2 Å². The van der Waals surface area contributed by atoms with Crippen molar-refractivity contribution >= 4 is 45.4 Å². The highest BCUT2D eigenvalue weighted by Gasteiger charge is 2.38. The Morgan fingerprint density at radius 2 is 1.75 bits per heavy atom. The molecule has 5 rings (SSSR count). The summed E-state index contributed by atoms with van der Waals surface area (Å²) in [6, 6.07) is 20.8. The standard InChI is InChI=1S/C31H34N2O2S/c1-3-4-20-35-28-19-16-23(26-12-8-9-13-27(26)28)21-29-30(34)33(25-10-6-5-7-11-25)31(36-29)32-24-17-14-22(2)15-18-24/h8-9,12-19,21,25H,3-7,10-11,20H2,1-2H3/b29-21+,32-31?. The SMILES string of the molecule is CCCCOc1ccc(/C=C2/SC(=Nc3ccc(C)cc3)N(C3CCCCC3)C2=O)c2ccccc12. The molecule has 0 aromatic heterocycles. The van der Waals surface area contributed by atoms with E-state index in [4.69, 9.17) is 9.73 Å². The van der Waals surface area contributed by atoms with Gasteiger partial charge in [0, 0.05) is 11.4 Å². The number of aliphatic imine (C=N–C) groups is 1. The van der Waals surface area contributed by atoms with Gasteiger partial charge >= 0.3 is 0 Å². The first kappa shape index (κ1) is 24.6. The lowest BCUT2D eigenvalue weighted by Crippen LogP contribution is -2.40. The number of hydrogen-bond acceptors (Lipinski definition) is 4. The number of amidine groups is 1. The lowest BCUT2D eigenvalue weighted by molar-refractivity contribution is -0.124. The maximum atomic E-state index is 13.8. The van der Waals surface area contributed by atoms with E-state index in [1.165, 1.54) is 36.6 Å². The maximum Gasteiger partial charge on any atom is 0.267 e. The first-order chi connectivity index (χ1) is 17.6. The zero-order valence-corrected chi connectivity index (χ0v) is 22.0. The van der Waals surface area contributed by atoms with Crippen LogP contribution in [0.1, 0.15) is 63.0 Å². The van der Waals surface area contributed by atoms with Crippen molar-refractivity contribution in [2.75, 3.05) is 6.61 Å². The third kappa shape index (κ3) is 5.36. The summed E-state index contributed by atoms with van der Waals surface area (Å²) >= 11 is 1.50. The minimum Gasteiger partial charge on any atom is -0.493 e. The van der Waals surface area contributed by atoms with Crippen molar-refractivity contribution in [1.82, 2.24) is 4.90 Å². The fourth-order valence-electron chi connectivity index (χ4n) is 4.97. The Morgan fingerprint density at radius 3 is 2.50 bits per heavy atom. The van der Waals surface area contributed by atoms with Crippen molar-refractivity contribution < 1.29 is 9.53 Å². The molecule has 1 saturated carbocycles. The van der Waals surface area contributed by atoms with Gasteiger partial charge in [0.15, 0.2) is 5.17 Å². The normalized spacial score (nSPS) is 19.1. The topological polar surface area (TPSA) is 41.9 Å². The van der Waals surface area contributed by atoms with Gasteiger partial charge < -0.3 is 4.74 Å². The smallest absolute Gasteiger partial charge is 0.267 e. The number of carbonyl (C=O) groups excluding carboxylic acids is 1. The number of hydrogen-bond donors (Lipinski definition) is 0. The number of unbranched alkanes of at least 4 members (excludes halogenated alkanes) is 1. The van der Waals surface area contributed by atoms with Crippen LogP contribution in [-0.2, 0) is 4.79 Å². The summed E-state index contributed by atoms with van der Waals surface area (Å²) < 4.78 is 6.07. The van der Waals surface area contributed by atoms with Crippen LogP contribution >= 0.6 is 11.8 Å². The lowest BCUT2D eigenvalue weighted by atomic mass is 9.94. The largest absolute Gasteiger partial charge is 0.493 e. The average Bonchev–Trinajstić information content (AvgIpc) is 3.21. The zero-order chi connectivity index (χ0) is 24.9. The highest BCUT2D eigenvalue weighted by atomic mass is 32.2. The molecule has 1 saturated heterocycles. The minimum absolute atomic E-state index is 0.0742. The highest BCUT2D eigenvalue weighted by Crippen LogP contribution is 2.40. The predicted octanol–water partition coefficient (Wildman–Crippen LogP) is 8.26. The fraction of sp³-hybridized carbons (Fsp3) is 0.355. The van der Waals surface area contributed by atoms with E-state index in [1.54, 1.807) is 0 Å². The third-order valence-corrected chi connectivity index (χ3v) is 7.98. The molecular formula is C31H34N2O2S. The summed E-state index contributed by atoms with van der Waals surface area (Å²) in [5.41, 5.74) is 3.12. The van der Waals surface area contributed by atoms with Gasteiger partial charge in [-0.25, -0.2) is 4.99 Å². The van der Waals surface area contributed by atoms with Crippen LogP contribution in [0.2, 0.25) is 0 Å². The van der Waals surface area contributed by atoms with Crippen molar-refractivity contribution in [1.29, 1.82) is 0 Å². The second-order valence-corrected chi connectivity index (χ2v) is 10.7. The molecule has 0 spiro atoms. The molecule has 0 bridgehead atoms. The third-order valence-electron chi connectivity index (χ3n) is 7.00. The van der Waals surface area contributed by atoms with Gasteiger partial charge in [0.05, 0.1) is 17.2 Å². The number of amides is 1. The Labute approximate surface area is 218 Å². The molecule has 5 heteroatoms. The summed E-state index contributed by atoms with van der Waals surface area (Å²) in [4.78, 5) is 21.4. The monoisotopic (exact) mass is 498 g/mol. The van der Waals surface area contributed by atoms with E-state index >= 15 is 0 Å². The Bertz CT molecular complexity index is 1290. The van der Waals surface area contributed by atoms with Crippen LogP contribution < -0.4 is 4.74 Å². The number of nitrogens with zero attached hydrogens (tertiary/aromatic N) is 2. The van der Waals surface area contributed by atoms with Crippen LogP contribution in [0.4, 0.5) is 5.69 Å². The van der Waals surface area contributed by atoms with E-state index in [9.17, 15) is 4.79 Å². The van der Waals surface area contributed by atoms with E-state index in [0.717, 1.165) is 63.5 Å². The molecule has 186 valence electrons. The predicted molar refractivity (Wildman–Crippen MR) is 152 cm³/mol. The lowest BCUT2D eigenvalue weighted by Gasteiger charge is -2.30. The molecule has 0 atom stereocenters.